The van der Waals surface area contributed by atoms with Gasteiger partial charge in [0, 0.05) is 10.6 Å². The Hall–Kier alpha value is -2.27. The Bertz CT molecular complexity index is 773. The first-order valence-corrected chi connectivity index (χ1v) is 9.11. The minimum Gasteiger partial charge on any atom is -0.452 e. The molecule has 0 unspecified atom stereocenters. The van der Waals surface area contributed by atoms with Crippen LogP contribution in [0.1, 0.15) is 23.6 Å². The summed E-state index contributed by atoms with van der Waals surface area (Å²) in [6.07, 6.45) is -0.843. The lowest BCUT2D eigenvalue weighted by Gasteiger charge is -2.15. The van der Waals surface area contributed by atoms with Gasteiger partial charge in [0.15, 0.2) is 6.10 Å². The molecule has 2 aromatic carbocycles. The quantitative estimate of drug-likeness (QED) is 0.619. The van der Waals surface area contributed by atoms with Crippen molar-refractivity contribution in [1.29, 1.82) is 0 Å². The summed E-state index contributed by atoms with van der Waals surface area (Å²) < 4.78 is 5.24. The van der Waals surface area contributed by atoms with Crippen LogP contribution >= 0.6 is 11.8 Å². The van der Waals surface area contributed by atoms with Gasteiger partial charge in [-0.05, 0) is 56.5 Å². The standard InChI is InChI=1S/C20H23NO3S/c1-13-9-10-14(2)17(11-13)21-20(23)16(4)24-19(22)12-25-18-8-6-5-7-15(18)3/h5-11,16H,12H2,1-4H3,(H,21,23)/t16-/m0/s1. The van der Waals surface area contributed by atoms with E-state index in [4.69, 9.17) is 4.74 Å². The van der Waals surface area contributed by atoms with Crippen molar-refractivity contribution < 1.29 is 14.3 Å². The van der Waals surface area contributed by atoms with Crippen molar-refractivity contribution in [3.63, 3.8) is 0 Å². The summed E-state index contributed by atoms with van der Waals surface area (Å²) in [5.41, 5.74) is 3.87. The molecule has 0 saturated heterocycles. The highest BCUT2D eigenvalue weighted by molar-refractivity contribution is 8.00. The van der Waals surface area contributed by atoms with Crippen LogP contribution in [0, 0.1) is 20.8 Å². The Labute approximate surface area is 153 Å². The monoisotopic (exact) mass is 357 g/mol. The molecule has 0 aliphatic carbocycles. The molecule has 0 aliphatic rings. The van der Waals surface area contributed by atoms with Gasteiger partial charge in [-0.15, -0.1) is 11.8 Å². The van der Waals surface area contributed by atoms with Crippen LogP contribution in [-0.4, -0.2) is 23.7 Å². The van der Waals surface area contributed by atoms with E-state index >= 15 is 0 Å². The highest BCUT2D eigenvalue weighted by Crippen LogP contribution is 2.22. The van der Waals surface area contributed by atoms with Crippen molar-refractivity contribution >= 4 is 29.3 Å². The predicted octanol–water partition coefficient (Wildman–Crippen LogP) is 4.27. The smallest absolute Gasteiger partial charge is 0.317 e. The normalized spacial score (nSPS) is 11.7. The third-order valence-corrected chi connectivity index (χ3v) is 4.92. The summed E-state index contributed by atoms with van der Waals surface area (Å²) in [4.78, 5) is 25.3. The molecular formula is C20H23NO3S. The first-order chi connectivity index (χ1) is 11.9. The molecule has 0 aliphatic heterocycles. The zero-order valence-corrected chi connectivity index (χ0v) is 15.8. The van der Waals surface area contributed by atoms with E-state index in [1.165, 1.54) is 11.8 Å². The Kier molecular flexibility index (Phi) is 6.65. The van der Waals surface area contributed by atoms with Gasteiger partial charge in [-0.2, -0.15) is 0 Å². The van der Waals surface area contributed by atoms with Crippen LogP contribution in [0.4, 0.5) is 5.69 Å². The highest BCUT2D eigenvalue weighted by Gasteiger charge is 2.18. The fourth-order valence-corrected chi connectivity index (χ4v) is 3.06. The van der Waals surface area contributed by atoms with E-state index in [-0.39, 0.29) is 11.7 Å². The van der Waals surface area contributed by atoms with Crippen LogP contribution in [0.15, 0.2) is 47.4 Å². The minimum atomic E-state index is -0.843. The lowest BCUT2D eigenvalue weighted by molar-refractivity contribution is -0.150. The lowest BCUT2D eigenvalue weighted by Crippen LogP contribution is -2.30. The number of carbonyl (C=O) groups is 2. The Balaban J connectivity index is 1.87. The Morgan fingerprint density at radius 1 is 1.08 bits per heavy atom. The third-order valence-electron chi connectivity index (χ3n) is 3.77. The van der Waals surface area contributed by atoms with Gasteiger partial charge >= 0.3 is 5.97 Å². The predicted molar refractivity (Wildman–Crippen MR) is 102 cm³/mol. The number of hydrogen-bond acceptors (Lipinski definition) is 4. The van der Waals surface area contributed by atoms with E-state index in [1.54, 1.807) is 6.92 Å². The molecule has 1 atom stereocenters. The second kappa shape index (κ2) is 8.72. The van der Waals surface area contributed by atoms with E-state index < -0.39 is 12.1 Å². The summed E-state index contributed by atoms with van der Waals surface area (Å²) in [6, 6.07) is 13.7. The summed E-state index contributed by atoms with van der Waals surface area (Å²) in [5, 5.41) is 2.82. The van der Waals surface area contributed by atoms with Crippen molar-refractivity contribution in [2.75, 3.05) is 11.1 Å². The van der Waals surface area contributed by atoms with E-state index in [0.717, 1.165) is 27.3 Å². The Morgan fingerprint density at radius 2 is 1.80 bits per heavy atom. The van der Waals surface area contributed by atoms with Gasteiger partial charge in [0.25, 0.3) is 5.91 Å². The fraction of sp³-hybridized carbons (Fsp3) is 0.300. The molecule has 25 heavy (non-hydrogen) atoms. The number of esters is 1. The van der Waals surface area contributed by atoms with Crippen LogP contribution < -0.4 is 5.32 Å². The van der Waals surface area contributed by atoms with Crippen molar-refractivity contribution in [2.45, 2.75) is 38.7 Å². The molecule has 0 aromatic heterocycles. The molecule has 132 valence electrons. The molecule has 5 heteroatoms. The number of benzene rings is 2. The zero-order chi connectivity index (χ0) is 18.4. The average Bonchev–Trinajstić information content (AvgIpc) is 2.57. The molecular weight excluding hydrogens is 334 g/mol. The molecule has 0 bridgehead atoms. The largest absolute Gasteiger partial charge is 0.452 e. The van der Waals surface area contributed by atoms with Crippen molar-refractivity contribution in [2.24, 2.45) is 0 Å². The van der Waals surface area contributed by atoms with Gasteiger partial charge < -0.3 is 10.1 Å². The molecule has 4 nitrogen and oxygen atoms in total. The van der Waals surface area contributed by atoms with E-state index in [1.807, 2.05) is 63.2 Å². The van der Waals surface area contributed by atoms with E-state index in [0.29, 0.717) is 0 Å². The van der Waals surface area contributed by atoms with Gasteiger partial charge in [-0.1, -0.05) is 30.3 Å². The van der Waals surface area contributed by atoms with Crippen molar-refractivity contribution in [3.05, 3.63) is 59.2 Å². The maximum absolute atomic E-state index is 12.2. The molecule has 1 amide bonds. The maximum atomic E-state index is 12.2. The van der Waals surface area contributed by atoms with Gasteiger partial charge in [0.2, 0.25) is 0 Å². The molecule has 2 rings (SSSR count). The molecule has 0 radical (unpaired) electrons. The van der Waals surface area contributed by atoms with Crippen LogP contribution in [0.2, 0.25) is 0 Å². The van der Waals surface area contributed by atoms with Gasteiger partial charge in [0.1, 0.15) is 0 Å². The number of aryl methyl sites for hydroxylation is 3. The summed E-state index contributed by atoms with van der Waals surface area (Å²) in [5.74, 6) is -0.564. The lowest BCUT2D eigenvalue weighted by atomic mass is 10.1. The first-order valence-electron chi connectivity index (χ1n) is 8.13. The number of nitrogens with one attached hydrogen (secondary N) is 1. The van der Waals surface area contributed by atoms with Gasteiger partial charge in [0.05, 0.1) is 5.75 Å². The summed E-state index contributed by atoms with van der Waals surface area (Å²) >= 11 is 1.41. The first kappa shape index (κ1) is 19.1. The zero-order valence-electron chi connectivity index (χ0n) is 15.0. The van der Waals surface area contributed by atoms with Crippen molar-refractivity contribution in [3.8, 4) is 0 Å². The summed E-state index contributed by atoms with van der Waals surface area (Å²) in [7, 11) is 0. The molecule has 0 spiro atoms. The van der Waals surface area contributed by atoms with Crippen LogP contribution in [0.5, 0.6) is 0 Å². The third kappa shape index (κ3) is 5.64. The number of carbonyl (C=O) groups excluding carboxylic acids is 2. The van der Waals surface area contributed by atoms with Gasteiger partial charge in [-0.3, -0.25) is 9.59 Å². The topological polar surface area (TPSA) is 55.4 Å². The number of hydrogen-bond donors (Lipinski definition) is 1. The summed E-state index contributed by atoms with van der Waals surface area (Å²) in [6.45, 7) is 7.45. The number of ether oxygens (including phenoxy) is 1. The molecule has 1 N–H and O–H groups in total. The number of amides is 1. The number of rotatable bonds is 6. The van der Waals surface area contributed by atoms with Crippen LogP contribution in [-0.2, 0) is 14.3 Å². The number of thioether (sulfide) groups is 1. The van der Waals surface area contributed by atoms with E-state index in [2.05, 4.69) is 5.32 Å². The SMILES string of the molecule is Cc1ccc(C)c(NC(=O)[C@H](C)OC(=O)CSc2ccccc2C)c1. The Morgan fingerprint density at radius 3 is 2.52 bits per heavy atom. The maximum Gasteiger partial charge on any atom is 0.317 e. The molecule has 0 heterocycles. The minimum absolute atomic E-state index is 0.173. The van der Waals surface area contributed by atoms with Gasteiger partial charge in [-0.25, -0.2) is 0 Å². The number of anilines is 1. The molecule has 2 aromatic rings. The van der Waals surface area contributed by atoms with Crippen LogP contribution in [0.3, 0.4) is 0 Å². The molecule has 0 fully saturated rings. The fourth-order valence-electron chi connectivity index (χ4n) is 2.24. The average molecular weight is 357 g/mol. The van der Waals surface area contributed by atoms with Crippen molar-refractivity contribution in [1.82, 2.24) is 0 Å². The molecule has 0 saturated carbocycles. The highest BCUT2D eigenvalue weighted by atomic mass is 32.2. The van der Waals surface area contributed by atoms with E-state index in [9.17, 15) is 9.59 Å². The second-order valence-electron chi connectivity index (χ2n) is 5.99. The second-order valence-corrected chi connectivity index (χ2v) is 7.01. The van der Waals surface area contributed by atoms with Crippen LogP contribution in [0.25, 0.3) is 0 Å².